The normalized spacial score (nSPS) is 10.7. The highest BCUT2D eigenvalue weighted by Crippen LogP contribution is 2.25. The maximum atomic E-state index is 5.87. The van der Waals surface area contributed by atoms with Crippen LogP contribution in [0.4, 0.5) is 0 Å². The number of benzene rings is 1. The summed E-state index contributed by atoms with van der Waals surface area (Å²) in [6, 6.07) is 4.47. The van der Waals surface area contributed by atoms with Crippen molar-refractivity contribution in [2.45, 2.75) is 53.5 Å². The Kier molecular flexibility index (Phi) is 6.81. The zero-order valence-corrected chi connectivity index (χ0v) is 12.3. The number of hydrogen-bond donors (Lipinski definition) is 1. The van der Waals surface area contributed by atoms with Crippen LogP contribution >= 0.6 is 0 Å². The minimum Gasteiger partial charge on any atom is -0.493 e. The Bertz CT molecular complexity index is 337. The highest BCUT2D eigenvalue weighted by Gasteiger charge is 2.06. The monoisotopic (exact) mass is 249 g/mol. The fourth-order valence-corrected chi connectivity index (χ4v) is 2.10. The molecule has 0 amide bonds. The summed E-state index contributed by atoms with van der Waals surface area (Å²) in [5.74, 6) is 1.07. The molecule has 0 radical (unpaired) electrons. The fourth-order valence-electron chi connectivity index (χ4n) is 2.10. The molecule has 0 heterocycles. The van der Waals surface area contributed by atoms with Crippen LogP contribution in [0.1, 0.15) is 49.8 Å². The molecule has 1 aromatic rings. The molecule has 102 valence electrons. The minimum absolute atomic E-state index is 0.825. The third kappa shape index (κ3) is 4.69. The summed E-state index contributed by atoms with van der Waals surface area (Å²) in [6.45, 7) is 11.5. The minimum atomic E-state index is 0.825. The predicted molar refractivity (Wildman–Crippen MR) is 78.3 cm³/mol. The van der Waals surface area contributed by atoms with Gasteiger partial charge < -0.3 is 10.1 Å². The van der Waals surface area contributed by atoms with Gasteiger partial charge in [-0.05, 0) is 49.9 Å². The van der Waals surface area contributed by atoms with Gasteiger partial charge >= 0.3 is 0 Å². The molecule has 2 nitrogen and oxygen atoms in total. The first-order chi connectivity index (χ1) is 8.69. The Balaban J connectivity index is 2.65. The van der Waals surface area contributed by atoms with Crippen LogP contribution in [0.15, 0.2) is 12.1 Å². The van der Waals surface area contributed by atoms with Crippen LogP contribution in [0.5, 0.6) is 5.75 Å². The zero-order valence-electron chi connectivity index (χ0n) is 12.3. The molecular weight excluding hydrogens is 222 g/mol. The van der Waals surface area contributed by atoms with Gasteiger partial charge in [0.15, 0.2) is 0 Å². The molecule has 0 spiro atoms. The van der Waals surface area contributed by atoms with Gasteiger partial charge in [0, 0.05) is 6.54 Å². The van der Waals surface area contributed by atoms with E-state index in [2.05, 4.69) is 45.1 Å². The number of unbranched alkanes of at least 4 members (excludes halogenated alkanes) is 1. The molecule has 0 atom stereocenters. The van der Waals surface area contributed by atoms with E-state index < -0.39 is 0 Å². The molecule has 0 unspecified atom stereocenters. The topological polar surface area (TPSA) is 21.3 Å². The van der Waals surface area contributed by atoms with Crippen molar-refractivity contribution >= 4 is 0 Å². The molecule has 1 aromatic carbocycles. The number of rotatable bonds is 8. The summed E-state index contributed by atoms with van der Waals surface area (Å²) in [7, 11) is 0. The van der Waals surface area contributed by atoms with Crippen LogP contribution in [-0.2, 0) is 6.54 Å². The molecule has 0 aliphatic heterocycles. The smallest absolute Gasteiger partial charge is 0.125 e. The molecule has 1 rings (SSSR count). The van der Waals surface area contributed by atoms with E-state index in [1.807, 2.05) is 0 Å². The highest BCUT2D eigenvalue weighted by molar-refractivity contribution is 5.43. The van der Waals surface area contributed by atoms with Crippen molar-refractivity contribution < 1.29 is 4.74 Å². The van der Waals surface area contributed by atoms with Crippen molar-refractivity contribution in [3.8, 4) is 5.75 Å². The van der Waals surface area contributed by atoms with E-state index in [9.17, 15) is 0 Å². The van der Waals surface area contributed by atoms with E-state index in [1.54, 1.807) is 0 Å². The zero-order chi connectivity index (χ0) is 13.4. The number of aryl methyl sites for hydroxylation is 2. The number of hydrogen-bond acceptors (Lipinski definition) is 2. The van der Waals surface area contributed by atoms with Crippen LogP contribution in [0.2, 0.25) is 0 Å². The Morgan fingerprint density at radius 3 is 2.28 bits per heavy atom. The van der Waals surface area contributed by atoms with Gasteiger partial charge in [-0.15, -0.1) is 0 Å². The average Bonchev–Trinajstić information content (AvgIpc) is 2.33. The van der Waals surface area contributed by atoms with Gasteiger partial charge in [0.05, 0.1) is 6.61 Å². The lowest BCUT2D eigenvalue weighted by molar-refractivity contribution is 0.305. The van der Waals surface area contributed by atoms with Crippen molar-refractivity contribution in [3.05, 3.63) is 28.8 Å². The van der Waals surface area contributed by atoms with E-state index >= 15 is 0 Å². The molecule has 0 saturated carbocycles. The van der Waals surface area contributed by atoms with Gasteiger partial charge in [0.1, 0.15) is 5.75 Å². The first kappa shape index (κ1) is 15.0. The summed E-state index contributed by atoms with van der Waals surface area (Å²) in [6.07, 6.45) is 3.48. The SMILES string of the molecule is CCCCOc1c(C)cc(CNCCC)cc1C. The number of nitrogens with one attached hydrogen (secondary N) is 1. The van der Waals surface area contributed by atoms with Crippen molar-refractivity contribution in [3.63, 3.8) is 0 Å². The van der Waals surface area contributed by atoms with Crippen LogP contribution < -0.4 is 10.1 Å². The maximum Gasteiger partial charge on any atom is 0.125 e. The van der Waals surface area contributed by atoms with E-state index in [0.717, 1.165) is 31.9 Å². The van der Waals surface area contributed by atoms with Crippen LogP contribution in [0.25, 0.3) is 0 Å². The third-order valence-corrected chi connectivity index (χ3v) is 3.02. The summed E-state index contributed by atoms with van der Waals surface area (Å²) in [5, 5.41) is 3.44. The molecule has 1 N–H and O–H groups in total. The third-order valence-electron chi connectivity index (χ3n) is 3.02. The molecule has 0 saturated heterocycles. The predicted octanol–water partition coefficient (Wildman–Crippen LogP) is 3.98. The molecule has 0 aliphatic carbocycles. The average molecular weight is 249 g/mol. The molecule has 0 aliphatic rings. The Labute approximate surface area is 112 Å². The van der Waals surface area contributed by atoms with Crippen molar-refractivity contribution in [1.82, 2.24) is 5.32 Å². The first-order valence-corrected chi connectivity index (χ1v) is 7.12. The van der Waals surface area contributed by atoms with Crippen molar-refractivity contribution in [2.75, 3.05) is 13.2 Å². The van der Waals surface area contributed by atoms with Gasteiger partial charge in [-0.1, -0.05) is 32.4 Å². The largest absolute Gasteiger partial charge is 0.493 e. The quantitative estimate of drug-likeness (QED) is 0.704. The number of ether oxygens (including phenoxy) is 1. The summed E-state index contributed by atoms with van der Waals surface area (Å²) in [5.41, 5.74) is 3.85. The summed E-state index contributed by atoms with van der Waals surface area (Å²) >= 11 is 0. The van der Waals surface area contributed by atoms with E-state index in [0.29, 0.717) is 0 Å². The van der Waals surface area contributed by atoms with Crippen molar-refractivity contribution in [2.24, 2.45) is 0 Å². The maximum absolute atomic E-state index is 5.87. The second-order valence-corrected chi connectivity index (χ2v) is 4.94. The highest BCUT2D eigenvalue weighted by atomic mass is 16.5. The molecular formula is C16H27NO. The van der Waals surface area contributed by atoms with Crippen LogP contribution in [0, 0.1) is 13.8 Å². The Morgan fingerprint density at radius 2 is 1.72 bits per heavy atom. The van der Waals surface area contributed by atoms with Gasteiger partial charge in [0.25, 0.3) is 0 Å². The van der Waals surface area contributed by atoms with E-state index in [4.69, 9.17) is 4.74 Å². The Morgan fingerprint density at radius 1 is 1.06 bits per heavy atom. The van der Waals surface area contributed by atoms with Crippen LogP contribution in [0.3, 0.4) is 0 Å². The van der Waals surface area contributed by atoms with Gasteiger partial charge in [-0.2, -0.15) is 0 Å². The van der Waals surface area contributed by atoms with Gasteiger partial charge in [-0.25, -0.2) is 0 Å². The summed E-state index contributed by atoms with van der Waals surface area (Å²) < 4.78 is 5.87. The van der Waals surface area contributed by atoms with Gasteiger partial charge in [-0.3, -0.25) is 0 Å². The Hall–Kier alpha value is -1.02. The lowest BCUT2D eigenvalue weighted by Crippen LogP contribution is -2.14. The van der Waals surface area contributed by atoms with Crippen molar-refractivity contribution in [1.29, 1.82) is 0 Å². The first-order valence-electron chi connectivity index (χ1n) is 7.12. The lowest BCUT2D eigenvalue weighted by Gasteiger charge is -2.14. The molecule has 0 fully saturated rings. The van der Waals surface area contributed by atoms with E-state index in [-0.39, 0.29) is 0 Å². The standard InChI is InChI=1S/C16H27NO/c1-5-7-9-18-16-13(3)10-15(11-14(16)4)12-17-8-6-2/h10-11,17H,5-9,12H2,1-4H3. The lowest BCUT2D eigenvalue weighted by atomic mass is 10.1. The second-order valence-electron chi connectivity index (χ2n) is 4.94. The summed E-state index contributed by atoms with van der Waals surface area (Å²) in [4.78, 5) is 0. The van der Waals surface area contributed by atoms with Crippen LogP contribution in [-0.4, -0.2) is 13.2 Å². The fraction of sp³-hybridized carbons (Fsp3) is 0.625. The second kappa shape index (κ2) is 8.15. The molecule has 0 aromatic heterocycles. The molecule has 0 bridgehead atoms. The van der Waals surface area contributed by atoms with E-state index in [1.165, 1.54) is 29.5 Å². The molecule has 18 heavy (non-hydrogen) atoms. The molecule has 2 heteroatoms. The van der Waals surface area contributed by atoms with Gasteiger partial charge in [0.2, 0.25) is 0 Å².